The molecule has 5 nitrogen and oxygen atoms in total. The van der Waals surface area contributed by atoms with Crippen LogP contribution in [-0.2, 0) is 20.9 Å². The van der Waals surface area contributed by atoms with E-state index in [2.05, 4.69) is 0 Å². The lowest BCUT2D eigenvalue weighted by atomic mass is 10.2. The smallest absolute Gasteiger partial charge is 0.302 e. The maximum Gasteiger partial charge on any atom is 0.302 e. The van der Waals surface area contributed by atoms with Gasteiger partial charge in [-0.2, -0.15) is 0 Å². The Morgan fingerprint density at radius 1 is 0.958 bits per heavy atom. The minimum Gasteiger partial charge on any atom is -0.489 e. The molecule has 5 heteroatoms. The highest BCUT2D eigenvalue weighted by molar-refractivity contribution is 5.65. The second kappa shape index (κ2) is 9.57. The Labute approximate surface area is 142 Å². The molecule has 0 aliphatic carbocycles. The fourth-order valence-corrected chi connectivity index (χ4v) is 1.98. The molecule has 0 saturated carbocycles. The average Bonchev–Trinajstić information content (AvgIpc) is 2.59. The average molecular weight is 330 g/mol. The van der Waals surface area contributed by atoms with Gasteiger partial charge in [-0.05, 0) is 36.8 Å². The predicted molar refractivity (Wildman–Crippen MR) is 89.9 cm³/mol. The molecule has 0 aliphatic heterocycles. The number of hydrogen-bond acceptors (Lipinski definition) is 5. The van der Waals surface area contributed by atoms with E-state index in [0.717, 1.165) is 11.3 Å². The molecular weight excluding hydrogens is 308 g/mol. The van der Waals surface area contributed by atoms with Crippen LogP contribution in [0.3, 0.4) is 0 Å². The Morgan fingerprint density at radius 3 is 2.29 bits per heavy atom. The molecule has 2 aromatic rings. The topological polar surface area (TPSA) is 54.0 Å². The molecule has 0 amide bonds. The van der Waals surface area contributed by atoms with Crippen LogP contribution in [0.4, 0.5) is 0 Å². The van der Waals surface area contributed by atoms with Crippen LogP contribution < -0.4 is 9.47 Å². The van der Waals surface area contributed by atoms with Gasteiger partial charge in [-0.25, -0.2) is 0 Å². The van der Waals surface area contributed by atoms with Gasteiger partial charge in [0.2, 0.25) is 0 Å². The van der Waals surface area contributed by atoms with E-state index in [1.807, 2.05) is 54.6 Å². The number of hydrogen-bond donors (Lipinski definition) is 0. The monoisotopic (exact) mass is 330 g/mol. The van der Waals surface area contributed by atoms with E-state index in [-0.39, 0.29) is 12.6 Å². The third-order valence-corrected chi connectivity index (χ3v) is 3.12. The second-order valence-corrected chi connectivity index (χ2v) is 5.14. The highest BCUT2D eigenvalue weighted by atomic mass is 16.7. The molecule has 0 saturated heterocycles. The molecule has 0 bridgehead atoms. The predicted octanol–water partition coefficient (Wildman–Crippen LogP) is 3.57. The molecule has 0 heterocycles. The third-order valence-electron chi connectivity index (χ3n) is 3.12. The van der Waals surface area contributed by atoms with Gasteiger partial charge in [0.15, 0.2) is 6.29 Å². The number of esters is 1. The number of carbonyl (C=O) groups is 1. The highest BCUT2D eigenvalue weighted by Gasteiger charge is 2.05. The van der Waals surface area contributed by atoms with Crippen molar-refractivity contribution < 1.29 is 23.7 Å². The maximum atomic E-state index is 10.6. The van der Waals surface area contributed by atoms with Crippen molar-refractivity contribution in [3.8, 4) is 11.5 Å². The van der Waals surface area contributed by atoms with Crippen molar-refractivity contribution in [2.24, 2.45) is 0 Å². The molecule has 128 valence electrons. The molecule has 24 heavy (non-hydrogen) atoms. The molecule has 2 rings (SSSR count). The van der Waals surface area contributed by atoms with Gasteiger partial charge in [-0.3, -0.25) is 4.79 Å². The van der Waals surface area contributed by atoms with E-state index >= 15 is 0 Å². The molecule has 0 N–H and O–H groups in total. The first kappa shape index (κ1) is 17.8. The first-order valence-electron chi connectivity index (χ1n) is 7.82. The Hall–Kier alpha value is -2.53. The van der Waals surface area contributed by atoms with Crippen molar-refractivity contribution in [1.82, 2.24) is 0 Å². The summed E-state index contributed by atoms with van der Waals surface area (Å²) in [5.41, 5.74) is 1.12. The lowest BCUT2D eigenvalue weighted by Crippen LogP contribution is -2.19. The normalized spacial score (nSPS) is 11.6. The van der Waals surface area contributed by atoms with E-state index in [9.17, 15) is 4.79 Å². The SMILES string of the molecule is CC(=O)OCCOC(C)Oc1ccc(OCc2ccccc2)cc1. The Balaban J connectivity index is 1.72. The summed E-state index contributed by atoms with van der Waals surface area (Å²) in [6, 6.07) is 17.3. The molecule has 1 unspecified atom stereocenters. The molecule has 0 aromatic heterocycles. The van der Waals surface area contributed by atoms with Gasteiger partial charge < -0.3 is 18.9 Å². The van der Waals surface area contributed by atoms with Crippen LogP contribution in [0.1, 0.15) is 19.4 Å². The minimum absolute atomic E-state index is 0.218. The summed E-state index contributed by atoms with van der Waals surface area (Å²) in [5, 5.41) is 0. The minimum atomic E-state index is -0.434. The van der Waals surface area contributed by atoms with Gasteiger partial charge in [0.25, 0.3) is 0 Å². The molecular formula is C19H22O5. The van der Waals surface area contributed by atoms with Crippen LogP contribution in [0.2, 0.25) is 0 Å². The van der Waals surface area contributed by atoms with Crippen LogP contribution in [0.25, 0.3) is 0 Å². The van der Waals surface area contributed by atoms with Gasteiger partial charge in [0, 0.05) is 6.92 Å². The first-order chi connectivity index (χ1) is 11.6. The number of benzene rings is 2. The van der Waals surface area contributed by atoms with Gasteiger partial charge in [-0.15, -0.1) is 0 Å². The Bertz CT molecular complexity index is 609. The Morgan fingerprint density at radius 2 is 1.62 bits per heavy atom. The molecule has 0 radical (unpaired) electrons. The zero-order valence-corrected chi connectivity index (χ0v) is 13.9. The number of rotatable bonds is 9. The Kier molecular flexibility index (Phi) is 7.11. The summed E-state index contributed by atoms with van der Waals surface area (Å²) in [6.07, 6.45) is -0.434. The summed E-state index contributed by atoms with van der Waals surface area (Å²) in [4.78, 5) is 10.6. The van der Waals surface area contributed by atoms with Crippen LogP contribution in [0, 0.1) is 0 Å². The summed E-state index contributed by atoms with van der Waals surface area (Å²) in [5.74, 6) is 1.13. The summed E-state index contributed by atoms with van der Waals surface area (Å²) in [6.45, 7) is 4.18. The molecule has 0 fully saturated rings. The van der Waals surface area contributed by atoms with Crippen LogP contribution >= 0.6 is 0 Å². The standard InChI is InChI=1S/C19H22O5/c1-15(20)21-12-13-22-16(2)24-19-10-8-18(9-11-19)23-14-17-6-4-3-5-7-17/h3-11,16H,12-14H2,1-2H3. The molecule has 0 aliphatic rings. The summed E-state index contributed by atoms with van der Waals surface area (Å²) >= 11 is 0. The van der Waals surface area contributed by atoms with Gasteiger partial charge in [-0.1, -0.05) is 30.3 Å². The van der Waals surface area contributed by atoms with E-state index in [1.54, 1.807) is 6.92 Å². The van der Waals surface area contributed by atoms with Crippen molar-refractivity contribution in [3.05, 3.63) is 60.2 Å². The van der Waals surface area contributed by atoms with Crippen LogP contribution in [0.15, 0.2) is 54.6 Å². The second-order valence-electron chi connectivity index (χ2n) is 5.14. The lowest BCUT2D eigenvalue weighted by Gasteiger charge is -2.15. The van der Waals surface area contributed by atoms with Crippen molar-refractivity contribution >= 4 is 5.97 Å². The number of carbonyl (C=O) groups excluding carboxylic acids is 1. The highest BCUT2D eigenvalue weighted by Crippen LogP contribution is 2.19. The zero-order chi connectivity index (χ0) is 17.2. The summed E-state index contributed by atoms with van der Waals surface area (Å²) in [7, 11) is 0. The van der Waals surface area contributed by atoms with Crippen molar-refractivity contribution in [3.63, 3.8) is 0 Å². The fraction of sp³-hybridized carbons (Fsp3) is 0.316. The van der Waals surface area contributed by atoms with Crippen LogP contribution in [0.5, 0.6) is 11.5 Å². The van der Waals surface area contributed by atoms with Gasteiger partial charge in [0.1, 0.15) is 24.7 Å². The van der Waals surface area contributed by atoms with Crippen LogP contribution in [-0.4, -0.2) is 25.5 Å². The van der Waals surface area contributed by atoms with Gasteiger partial charge >= 0.3 is 5.97 Å². The van der Waals surface area contributed by atoms with E-state index in [1.165, 1.54) is 6.92 Å². The van der Waals surface area contributed by atoms with E-state index < -0.39 is 6.29 Å². The van der Waals surface area contributed by atoms with Crippen molar-refractivity contribution in [2.75, 3.05) is 13.2 Å². The maximum absolute atomic E-state index is 10.6. The summed E-state index contributed by atoms with van der Waals surface area (Å²) < 4.78 is 21.5. The zero-order valence-electron chi connectivity index (χ0n) is 13.9. The molecule has 2 aromatic carbocycles. The lowest BCUT2D eigenvalue weighted by molar-refractivity contribution is -0.145. The quantitative estimate of drug-likeness (QED) is 0.400. The third kappa shape index (κ3) is 6.71. The van der Waals surface area contributed by atoms with Gasteiger partial charge in [0.05, 0.1) is 6.61 Å². The number of ether oxygens (including phenoxy) is 4. The van der Waals surface area contributed by atoms with Crippen molar-refractivity contribution in [2.45, 2.75) is 26.7 Å². The molecule has 1 atom stereocenters. The fourth-order valence-electron chi connectivity index (χ4n) is 1.98. The first-order valence-corrected chi connectivity index (χ1v) is 7.82. The van der Waals surface area contributed by atoms with Crippen molar-refractivity contribution in [1.29, 1.82) is 0 Å². The van der Waals surface area contributed by atoms with E-state index in [0.29, 0.717) is 19.0 Å². The van der Waals surface area contributed by atoms with E-state index in [4.69, 9.17) is 18.9 Å². The molecule has 0 spiro atoms. The largest absolute Gasteiger partial charge is 0.489 e.